The number of hydrogen-bond donors (Lipinski definition) is 0. The molecule has 0 unspecified atom stereocenters. The molecule has 2 saturated carbocycles. The SMILES string of the molecule is CCCC1CCC([N-]CCC[N-]C2CCC(CCC)CC2)CC1.[Cl][Ti][Cl]. The maximum atomic E-state index is 4.94. The van der Waals surface area contributed by atoms with Crippen LogP contribution >= 0.6 is 18.6 Å². The van der Waals surface area contributed by atoms with E-state index in [1.807, 2.05) is 0 Å². The quantitative estimate of drug-likeness (QED) is 0.242. The summed E-state index contributed by atoms with van der Waals surface area (Å²) in [5, 5.41) is 9.87. The Bertz CT molecular complexity index is 276. The summed E-state index contributed by atoms with van der Waals surface area (Å²) in [6, 6.07) is 1.35. The van der Waals surface area contributed by atoms with Gasteiger partial charge in [-0.05, 0) is 11.8 Å². The molecule has 0 aliphatic heterocycles. The molecule has 0 heterocycles. The molecule has 0 aromatic heterocycles. The fourth-order valence-electron chi connectivity index (χ4n) is 4.67. The van der Waals surface area contributed by atoms with Crippen molar-refractivity contribution in [3.8, 4) is 0 Å². The first-order chi connectivity index (χ1) is 12.7. The van der Waals surface area contributed by atoms with Gasteiger partial charge >= 0.3 is 35.6 Å². The zero-order valence-corrected chi connectivity index (χ0v) is 20.1. The zero-order valence-electron chi connectivity index (χ0n) is 17.1. The van der Waals surface area contributed by atoms with Gasteiger partial charge < -0.3 is 10.6 Å². The first kappa shape index (κ1) is 25.3. The third-order valence-corrected chi connectivity index (χ3v) is 6.12. The Balaban J connectivity index is 0.00000105. The topological polar surface area (TPSA) is 28.2 Å². The van der Waals surface area contributed by atoms with Crippen LogP contribution in [0.2, 0.25) is 0 Å². The molecule has 0 saturated heterocycles. The van der Waals surface area contributed by atoms with Crippen LogP contribution in [0.4, 0.5) is 0 Å². The van der Waals surface area contributed by atoms with E-state index < -0.39 is 17.0 Å². The van der Waals surface area contributed by atoms with Gasteiger partial charge in [-0.1, -0.05) is 97.3 Å². The van der Waals surface area contributed by atoms with E-state index in [4.69, 9.17) is 29.2 Å². The van der Waals surface area contributed by atoms with E-state index in [2.05, 4.69) is 13.8 Å². The molecular formula is C21H40Cl2N2Ti-2. The molecule has 0 aromatic carbocycles. The van der Waals surface area contributed by atoms with E-state index in [9.17, 15) is 0 Å². The zero-order chi connectivity index (χ0) is 19.0. The summed E-state index contributed by atoms with van der Waals surface area (Å²) >= 11 is -0.556. The fourth-order valence-corrected chi connectivity index (χ4v) is 4.67. The van der Waals surface area contributed by atoms with Gasteiger partial charge in [-0.25, -0.2) is 0 Å². The van der Waals surface area contributed by atoms with E-state index in [-0.39, 0.29) is 0 Å². The van der Waals surface area contributed by atoms with Crippen LogP contribution in [0, 0.1) is 11.8 Å². The molecule has 2 aliphatic carbocycles. The molecule has 0 radical (unpaired) electrons. The molecule has 0 amide bonds. The van der Waals surface area contributed by atoms with Crippen LogP contribution < -0.4 is 0 Å². The van der Waals surface area contributed by atoms with Gasteiger partial charge in [0.15, 0.2) is 0 Å². The Morgan fingerprint density at radius 3 is 1.35 bits per heavy atom. The van der Waals surface area contributed by atoms with Gasteiger partial charge in [0.1, 0.15) is 0 Å². The molecule has 2 aliphatic rings. The second-order valence-corrected chi connectivity index (χ2v) is 10.7. The van der Waals surface area contributed by atoms with Crippen molar-refractivity contribution < 1.29 is 17.0 Å². The van der Waals surface area contributed by atoms with Crippen molar-refractivity contribution in [2.45, 2.75) is 109 Å². The Kier molecular flexibility index (Phi) is 16.6. The van der Waals surface area contributed by atoms with Gasteiger partial charge in [-0.15, -0.1) is 12.1 Å². The van der Waals surface area contributed by atoms with Crippen LogP contribution in [0.15, 0.2) is 0 Å². The van der Waals surface area contributed by atoms with Crippen LogP contribution in [-0.4, -0.2) is 25.2 Å². The average Bonchev–Trinajstić information content (AvgIpc) is 2.65. The fraction of sp³-hybridized carbons (Fsp3) is 1.00. The second kappa shape index (κ2) is 17.1. The van der Waals surface area contributed by atoms with Crippen molar-refractivity contribution in [3.63, 3.8) is 0 Å². The summed E-state index contributed by atoms with van der Waals surface area (Å²) in [5.41, 5.74) is 0. The van der Waals surface area contributed by atoms with Crippen molar-refractivity contribution in [3.05, 3.63) is 10.6 Å². The third kappa shape index (κ3) is 11.9. The van der Waals surface area contributed by atoms with Gasteiger partial charge in [0.25, 0.3) is 0 Å². The van der Waals surface area contributed by atoms with E-state index in [1.165, 1.54) is 83.5 Å². The first-order valence-corrected chi connectivity index (χ1v) is 15.3. The maximum absolute atomic E-state index is 4.94. The molecule has 26 heavy (non-hydrogen) atoms. The van der Waals surface area contributed by atoms with Crippen LogP contribution in [0.25, 0.3) is 10.6 Å². The van der Waals surface area contributed by atoms with Crippen LogP contribution in [0.5, 0.6) is 0 Å². The summed E-state index contributed by atoms with van der Waals surface area (Å²) in [6.07, 6.45) is 17.9. The van der Waals surface area contributed by atoms with Crippen molar-refractivity contribution in [2.24, 2.45) is 11.8 Å². The molecule has 2 rings (SSSR count). The first-order valence-electron chi connectivity index (χ1n) is 11.0. The van der Waals surface area contributed by atoms with E-state index in [0.717, 1.165) is 24.9 Å². The Hall–Kier alpha value is 1.21. The third-order valence-electron chi connectivity index (χ3n) is 6.12. The molecule has 154 valence electrons. The van der Waals surface area contributed by atoms with Gasteiger partial charge in [0, 0.05) is 0 Å². The van der Waals surface area contributed by atoms with E-state index >= 15 is 0 Å². The van der Waals surface area contributed by atoms with E-state index in [1.54, 1.807) is 0 Å². The van der Waals surface area contributed by atoms with Crippen LogP contribution in [0.3, 0.4) is 0 Å². The number of halogens is 2. The van der Waals surface area contributed by atoms with Crippen molar-refractivity contribution in [2.75, 3.05) is 13.1 Å². The molecule has 0 aromatic rings. The average molecular weight is 439 g/mol. The Morgan fingerprint density at radius 2 is 1.04 bits per heavy atom. The van der Waals surface area contributed by atoms with Gasteiger partial charge in [-0.3, -0.25) is 0 Å². The van der Waals surface area contributed by atoms with E-state index in [0.29, 0.717) is 12.1 Å². The van der Waals surface area contributed by atoms with Crippen LogP contribution in [-0.2, 0) is 17.0 Å². The predicted octanol–water partition coefficient (Wildman–Crippen LogP) is 8.22. The Labute approximate surface area is 180 Å². The van der Waals surface area contributed by atoms with Gasteiger partial charge in [-0.2, -0.15) is 13.1 Å². The molecule has 0 atom stereocenters. The molecule has 0 N–H and O–H groups in total. The summed E-state index contributed by atoms with van der Waals surface area (Å²) in [5.74, 6) is 2.01. The van der Waals surface area contributed by atoms with Crippen LogP contribution in [0.1, 0.15) is 97.3 Å². The standard InChI is InChI=1S/C21H40N2.2ClH.Ti/c1-3-6-18-8-12-20(13-9-18)22-16-5-17-23-21-14-10-19(7-4-2)11-15-21;;;/h18-21H,3-17H2,1-2H3;2*1H;/q-2;;;+2/p-2. The number of hydrogen-bond acceptors (Lipinski definition) is 0. The second-order valence-electron chi connectivity index (χ2n) is 8.16. The summed E-state index contributed by atoms with van der Waals surface area (Å²) in [7, 11) is 9.78. The monoisotopic (exact) mass is 438 g/mol. The normalized spacial score (nSPS) is 28.9. The van der Waals surface area contributed by atoms with Crippen molar-refractivity contribution >= 4 is 18.6 Å². The molecule has 5 heteroatoms. The summed E-state index contributed by atoms with van der Waals surface area (Å²) in [4.78, 5) is 0. The number of rotatable bonds is 10. The minimum atomic E-state index is -0.556. The minimum absolute atomic E-state index is 0.556. The summed E-state index contributed by atoms with van der Waals surface area (Å²) in [6.45, 7) is 6.74. The summed E-state index contributed by atoms with van der Waals surface area (Å²) < 4.78 is 0. The van der Waals surface area contributed by atoms with Crippen molar-refractivity contribution in [1.82, 2.24) is 0 Å². The molecular weight excluding hydrogens is 399 g/mol. The molecule has 0 bridgehead atoms. The molecule has 2 fully saturated rings. The predicted molar refractivity (Wildman–Crippen MR) is 114 cm³/mol. The van der Waals surface area contributed by atoms with Crippen molar-refractivity contribution in [1.29, 1.82) is 0 Å². The number of nitrogens with zero attached hydrogens (tertiary/aromatic N) is 2. The van der Waals surface area contributed by atoms with Gasteiger partial charge in [0.2, 0.25) is 0 Å². The Morgan fingerprint density at radius 1 is 0.692 bits per heavy atom. The van der Waals surface area contributed by atoms with Gasteiger partial charge in [0.05, 0.1) is 0 Å². The molecule has 0 spiro atoms. The molecule has 2 nitrogen and oxygen atoms in total.